The number of nitrogens with zero attached hydrogens (tertiary/aromatic N) is 2. The molecule has 0 fully saturated rings. The molecule has 68 valence electrons. The molecule has 0 aliphatic carbocycles. The first-order valence-electron chi connectivity index (χ1n) is 3.77. The molecule has 0 aliphatic rings. The lowest BCUT2D eigenvalue weighted by Gasteiger charge is -1.96. The lowest BCUT2D eigenvalue weighted by molar-refractivity contribution is 0.935. The molecule has 2 nitrogen and oxygen atoms in total. The van der Waals surface area contributed by atoms with E-state index in [9.17, 15) is 0 Å². The second-order valence-corrected chi connectivity index (χ2v) is 2.98. The van der Waals surface area contributed by atoms with Crippen LogP contribution in [0.2, 0.25) is 5.15 Å². The van der Waals surface area contributed by atoms with E-state index in [1.165, 1.54) is 11.8 Å². The van der Waals surface area contributed by atoms with Gasteiger partial charge in [0.25, 0.3) is 0 Å². The summed E-state index contributed by atoms with van der Waals surface area (Å²) in [7, 11) is 0. The van der Waals surface area contributed by atoms with Crippen LogP contribution in [0.1, 0.15) is 19.5 Å². The number of thioether (sulfide) groups is 1. The molecule has 1 heterocycles. The fourth-order valence-electron chi connectivity index (χ4n) is 0.595. The van der Waals surface area contributed by atoms with Gasteiger partial charge in [-0.1, -0.05) is 37.2 Å². The summed E-state index contributed by atoms with van der Waals surface area (Å²) in [5.41, 5.74) is 0.907. The Morgan fingerprint density at radius 2 is 1.92 bits per heavy atom. The molecule has 0 saturated carbocycles. The normalized spacial score (nSPS) is 8.75. The van der Waals surface area contributed by atoms with E-state index >= 15 is 0 Å². The summed E-state index contributed by atoms with van der Waals surface area (Å²) < 4.78 is 0. The van der Waals surface area contributed by atoms with Gasteiger partial charge in [-0.15, -0.1) is 0 Å². The molecule has 0 spiro atoms. The first kappa shape index (κ1) is 11.7. The van der Waals surface area contributed by atoms with Gasteiger partial charge in [0.05, 0.1) is 0 Å². The predicted molar refractivity (Wildman–Crippen MR) is 54.9 cm³/mol. The molecule has 0 radical (unpaired) electrons. The molecule has 0 bridgehead atoms. The van der Waals surface area contributed by atoms with Gasteiger partial charge in [-0.2, -0.15) is 0 Å². The van der Waals surface area contributed by atoms with Crippen molar-refractivity contribution in [1.82, 2.24) is 9.97 Å². The molecule has 4 heteroatoms. The summed E-state index contributed by atoms with van der Waals surface area (Å²) in [5.74, 6) is 0. The summed E-state index contributed by atoms with van der Waals surface area (Å²) in [6, 6.07) is 1.74. The highest BCUT2D eigenvalue weighted by molar-refractivity contribution is 7.98. The van der Waals surface area contributed by atoms with Crippen molar-refractivity contribution in [1.29, 1.82) is 0 Å². The van der Waals surface area contributed by atoms with E-state index in [0.717, 1.165) is 10.9 Å². The number of hydrogen-bond acceptors (Lipinski definition) is 3. The lowest BCUT2D eigenvalue weighted by atomic mass is 10.5. The van der Waals surface area contributed by atoms with Crippen LogP contribution in [-0.2, 0) is 0 Å². The van der Waals surface area contributed by atoms with Gasteiger partial charge in [-0.3, -0.25) is 0 Å². The van der Waals surface area contributed by atoms with Crippen molar-refractivity contribution in [2.45, 2.75) is 25.9 Å². The van der Waals surface area contributed by atoms with Crippen LogP contribution in [0.3, 0.4) is 0 Å². The van der Waals surface area contributed by atoms with Gasteiger partial charge < -0.3 is 0 Å². The third kappa shape index (κ3) is 3.93. The molecule has 0 N–H and O–H groups in total. The summed E-state index contributed by atoms with van der Waals surface area (Å²) in [6.45, 7) is 5.90. The number of rotatable bonds is 1. The minimum absolute atomic E-state index is 0.511. The Hall–Kier alpha value is -0.280. The van der Waals surface area contributed by atoms with Crippen molar-refractivity contribution < 1.29 is 0 Å². The van der Waals surface area contributed by atoms with Crippen molar-refractivity contribution >= 4 is 23.4 Å². The fourth-order valence-corrected chi connectivity index (χ4v) is 1.31. The minimum Gasteiger partial charge on any atom is -0.228 e. The van der Waals surface area contributed by atoms with Crippen molar-refractivity contribution in [3.05, 3.63) is 16.9 Å². The summed E-state index contributed by atoms with van der Waals surface area (Å²) in [5, 5.41) is 1.24. The van der Waals surface area contributed by atoms with E-state index in [1.54, 1.807) is 6.07 Å². The Labute approximate surface area is 82.8 Å². The molecule has 0 unspecified atom stereocenters. The first-order valence-corrected chi connectivity index (χ1v) is 5.38. The van der Waals surface area contributed by atoms with Crippen LogP contribution in [0, 0.1) is 6.92 Å². The van der Waals surface area contributed by atoms with Crippen LogP contribution in [-0.4, -0.2) is 16.2 Å². The maximum absolute atomic E-state index is 5.66. The summed E-state index contributed by atoms with van der Waals surface area (Å²) in [6.07, 6.45) is 1.92. The zero-order valence-electron chi connectivity index (χ0n) is 7.76. The van der Waals surface area contributed by atoms with Gasteiger partial charge in [-0.05, 0) is 19.2 Å². The largest absolute Gasteiger partial charge is 0.228 e. The van der Waals surface area contributed by atoms with Crippen molar-refractivity contribution in [3.8, 4) is 0 Å². The number of aryl methyl sites for hydroxylation is 1. The molecule has 12 heavy (non-hydrogen) atoms. The Kier molecular flexibility index (Phi) is 6.11. The Morgan fingerprint density at radius 3 is 2.33 bits per heavy atom. The molecule has 0 saturated heterocycles. The molecular formula is C8H13ClN2S. The number of hydrogen-bond donors (Lipinski definition) is 0. The van der Waals surface area contributed by atoms with Gasteiger partial charge in [0.2, 0.25) is 0 Å². The van der Waals surface area contributed by atoms with E-state index in [4.69, 9.17) is 11.6 Å². The van der Waals surface area contributed by atoms with Gasteiger partial charge in [0.1, 0.15) is 5.15 Å². The standard InChI is InChI=1S/C6H7ClN2S.C2H6/c1-4-3-5(7)9-6(8-4)10-2;1-2/h3H,1-2H3;1-2H3. The third-order valence-electron chi connectivity index (χ3n) is 0.985. The van der Waals surface area contributed by atoms with E-state index < -0.39 is 0 Å². The topological polar surface area (TPSA) is 25.8 Å². The molecule has 1 rings (SSSR count). The molecule has 0 atom stereocenters. The third-order valence-corrected chi connectivity index (χ3v) is 1.73. The van der Waals surface area contributed by atoms with E-state index in [-0.39, 0.29) is 0 Å². The second-order valence-electron chi connectivity index (χ2n) is 1.82. The molecule has 0 aliphatic heterocycles. The van der Waals surface area contributed by atoms with E-state index in [1.807, 2.05) is 27.0 Å². The van der Waals surface area contributed by atoms with Gasteiger partial charge >= 0.3 is 0 Å². The molecule has 0 aromatic carbocycles. The Bertz CT molecular complexity index is 220. The predicted octanol–water partition coefficient (Wildman–Crippen LogP) is 3.19. The number of halogens is 1. The fraction of sp³-hybridized carbons (Fsp3) is 0.500. The van der Waals surface area contributed by atoms with Gasteiger partial charge in [0, 0.05) is 5.69 Å². The van der Waals surface area contributed by atoms with Gasteiger partial charge in [0.15, 0.2) is 5.16 Å². The lowest BCUT2D eigenvalue weighted by Crippen LogP contribution is -1.88. The molecular weight excluding hydrogens is 192 g/mol. The molecule has 1 aromatic rings. The minimum atomic E-state index is 0.511. The zero-order chi connectivity index (χ0) is 9.56. The average Bonchev–Trinajstić information content (AvgIpc) is 2.06. The van der Waals surface area contributed by atoms with Crippen LogP contribution in [0.4, 0.5) is 0 Å². The Morgan fingerprint density at radius 1 is 1.33 bits per heavy atom. The average molecular weight is 205 g/mol. The van der Waals surface area contributed by atoms with Crippen LogP contribution in [0.15, 0.2) is 11.2 Å². The summed E-state index contributed by atoms with van der Waals surface area (Å²) in [4.78, 5) is 8.09. The zero-order valence-corrected chi connectivity index (χ0v) is 9.33. The van der Waals surface area contributed by atoms with E-state index in [2.05, 4.69) is 9.97 Å². The monoisotopic (exact) mass is 204 g/mol. The maximum Gasteiger partial charge on any atom is 0.188 e. The Balaban J connectivity index is 0.000000561. The quantitative estimate of drug-likeness (QED) is 0.399. The first-order chi connectivity index (χ1) is 5.72. The highest BCUT2D eigenvalue weighted by Gasteiger charge is 1.96. The van der Waals surface area contributed by atoms with Crippen molar-refractivity contribution in [2.75, 3.05) is 6.26 Å². The number of aromatic nitrogens is 2. The smallest absolute Gasteiger partial charge is 0.188 e. The second kappa shape index (κ2) is 6.26. The van der Waals surface area contributed by atoms with Gasteiger partial charge in [-0.25, -0.2) is 9.97 Å². The molecule has 1 aromatic heterocycles. The maximum atomic E-state index is 5.66. The van der Waals surface area contributed by atoms with E-state index in [0.29, 0.717) is 5.15 Å². The van der Waals surface area contributed by atoms with Crippen LogP contribution < -0.4 is 0 Å². The van der Waals surface area contributed by atoms with Crippen LogP contribution >= 0.6 is 23.4 Å². The van der Waals surface area contributed by atoms with Crippen molar-refractivity contribution in [3.63, 3.8) is 0 Å². The summed E-state index contributed by atoms with van der Waals surface area (Å²) >= 11 is 7.15. The highest BCUT2D eigenvalue weighted by atomic mass is 35.5. The van der Waals surface area contributed by atoms with Crippen LogP contribution in [0.5, 0.6) is 0 Å². The molecule has 0 amide bonds. The van der Waals surface area contributed by atoms with Crippen LogP contribution in [0.25, 0.3) is 0 Å². The highest BCUT2D eigenvalue weighted by Crippen LogP contribution is 2.12. The van der Waals surface area contributed by atoms with Crippen molar-refractivity contribution in [2.24, 2.45) is 0 Å². The SMILES string of the molecule is CC.CSc1nc(C)cc(Cl)n1.